The predicted octanol–water partition coefficient (Wildman–Crippen LogP) is 3.43. The van der Waals surface area contributed by atoms with Gasteiger partial charge >= 0.3 is 0 Å². The normalized spacial score (nSPS) is 12.2. The van der Waals surface area contributed by atoms with E-state index in [9.17, 15) is 4.79 Å². The first-order chi connectivity index (χ1) is 10.0. The first-order valence-electron chi connectivity index (χ1n) is 7.77. The van der Waals surface area contributed by atoms with Gasteiger partial charge in [0.1, 0.15) is 5.75 Å². The number of carbonyl (C=O) groups is 1. The summed E-state index contributed by atoms with van der Waals surface area (Å²) < 4.78 is 5.56. The van der Waals surface area contributed by atoms with Crippen LogP contribution in [0.5, 0.6) is 5.75 Å². The predicted molar refractivity (Wildman–Crippen MR) is 87.5 cm³/mol. The molecule has 1 rings (SSSR count). The molecule has 1 amide bonds. The molecule has 1 aromatic rings. The topological polar surface area (TPSA) is 64.3 Å². The minimum Gasteiger partial charge on any atom is -0.494 e. The average Bonchev–Trinajstić information content (AvgIpc) is 2.44. The third-order valence-corrected chi connectivity index (χ3v) is 3.20. The number of hydrogen-bond acceptors (Lipinski definition) is 3. The molecule has 1 atom stereocenters. The van der Waals surface area contributed by atoms with E-state index in [1.165, 1.54) is 0 Å². The summed E-state index contributed by atoms with van der Waals surface area (Å²) in [6, 6.07) is 7.51. The number of hydrogen-bond donors (Lipinski definition) is 2. The molecule has 4 nitrogen and oxygen atoms in total. The highest BCUT2D eigenvalue weighted by Gasteiger charge is 2.14. The zero-order valence-electron chi connectivity index (χ0n) is 13.4. The highest BCUT2D eigenvalue weighted by atomic mass is 16.5. The van der Waals surface area contributed by atoms with Crippen LogP contribution in [0.4, 0.5) is 5.69 Å². The number of anilines is 1. The van der Waals surface area contributed by atoms with Crippen molar-refractivity contribution in [2.75, 3.05) is 18.5 Å². The van der Waals surface area contributed by atoms with Gasteiger partial charge in [-0.2, -0.15) is 0 Å². The maximum absolute atomic E-state index is 12.1. The van der Waals surface area contributed by atoms with Gasteiger partial charge in [-0.25, -0.2) is 0 Å². The van der Waals surface area contributed by atoms with Crippen molar-refractivity contribution in [2.45, 2.75) is 40.0 Å². The Morgan fingerprint density at radius 3 is 2.76 bits per heavy atom. The molecular weight excluding hydrogens is 264 g/mol. The van der Waals surface area contributed by atoms with E-state index in [0.717, 1.165) is 24.3 Å². The Morgan fingerprint density at radius 1 is 1.38 bits per heavy atom. The maximum Gasteiger partial charge on any atom is 0.224 e. The van der Waals surface area contributed by atoms with Gasteiger partial charge in [0.05, 0.1) is 6.61 Å². The molecule has 0 radical (unpaired) electrons. The van der Waals surface area contributed by atoms with E-state index >= 15 is 0 Å². The van der Waals surface area contributed by atoms with Gasteiger partial charge in [0.25, 0.3) is 0 Å². The monoisotopic (exact) mass is 292 g/mol. The number of amides is 1. The summed E-state index contributed by atoms with van der Waals surface area (Å²) in [7, 11) is 0. The smallest absolute Gasteiger partial charge is 0.224 e. The van der Waals surface area contributed by atoms with Gasteiger partial charge < -0.3 is 15.8 Å². The maximum atomic E-state index is 12.1. The van der Waals surface area contributed by atoms with Crippen LogP contribution in [-0.4, -0.2) is 19.1 Å². The Kier molecular flexibility index (Phi) is 7.83. The van der Waals surface area contributed by atoms with Crippen LogP contribution in [0.15, 0.2) is 24.3 Å². The van der Waals surface area contributed by atoms with Crippen LogP contribution < -0.4 is 15.8 Å². The molecule has 21 heavy (non-hydrogen) atoms. The molecule has 0 saturated carbocycles. The molecule has 0 bridgehead atoms. The molecule has 0 aromatic heterocycles. The lowest BCUT2D eigenvalue weighted by Crippen LogP contribution is -2.23. The van der Waals surface area contributed by atoms with Crippen molar-refractivity contribution >= 4 is 11.6 Å². The molecule has 0 aliphatic rings. The number of rotatable bonds is 9. The fraction of sp³-hybridized carbons (Fsp3) is 0.588. The van der Waals surface area contributed by atoms with E-state index in [2.05, 4.69) is 26.1 Å². The number of benzene rings is 1. The molecule has 1 unspecified atom stereocenters. The molecular formula is C17H28N2O2. The highest BCUT2D eigenvalue weighted by molar-refractivity contribution is 5.91. The van der Waals surface area contributed by atoms with Crippen molar-refractivity contribution in [2.24, 2.45) is 17.6 Å². The van der Waals surface area contributed by atoms with Gasteiger partial charge in [0, 0.05) is 18.2 Å². The van der Waals surface area contributed by atoms with E-state index in [1.807, 2.05) is 24.3 Å². The van der Waals surface area contributed by atoms with Crippen LogP contribution in [0.25, 0.3) is 0 Å². The van der Waals surface area contributed by atoms with E-state index in [1.54, 1.807) is 0 Å². The number of ether oxygens (including phenoxy) is 1. The van der Waals surface area contributed by atoms with Gasteiger partial charge in [-0.3, -0.25) is 4.79 Å². The van der Waals surface area contributed by atoms with E-state index in [4.69, 9.17) is 10.5 Å². The molecule has 1 aromatic carbocycles. The number of nitrogens with two attached hydrogens (primary N) is 1. The van der Waals surface area contributed by atoms with Crippen LogP contribution in [0.1, 0.15) is 40.0 Å². The van der Waals surface area contributed by atoms with Crippen molar-refractivity contribution in [1.29, 1.82) is 0 Å². The summed E-state index contributed by atoms with van der Waals surface area (Å²) in [4.78, 5) is 12.1. The standard InChI is InChI=1S/C17H28N2O2/c1-4-8-21-16-7-5-6-15(11-16)19-17(20)10-14(12-18)9-13(2)3/h5-7,11,13-14H,4,8-10,12,18H2,1-3H3,(H,19,20). The first kappa shape index (κ1) is 17.5. The fourth-order valence-corrected chi connectivity index (χ4v) is 2.29. The van der Waals surface area contributed by atoms with Crippen molar-refractivity contribution in [3.63, 3.8) is 0 Å². The summed E-state index contributed by atoms with van der Waals surface area (Å²) in [5, 5.41) is 2.92. The molecule has 0 fully saturated rings. The van der Waals surface area contributed by atoms with Gasteiger partial charge in [0.15, 0.2) is 0 Å². The Balaban J connectivity index is 2.53. The van der Waals surface area contributed by atoms with Crippen molar-refractivity contribution in [3.8, 4) is 5.75 Å². The summed E-state index contributed by atoms with van der Waals surface area (Å²) in [5.41, 5.74) is 6.51. The van der Waals surface area contributed by atoms with Crippen LogP contribution >= 0.6 is 0 Å². The molecule has 0 heterocycles. The quantitative estimate of drug-likeness (QED) is 0.733. The fourth-order valence-electron chi connectivity index (χ4n) is 2.29. The minimum absolute atomic E-state index is 0.0127. The summed E-state index contributed by atoms with van der Waals surface area (Å²) in [5.74, 6) is 1.59. The van der Waals surface area contributed by atoms with Crippen LogP contribution in [0.2, 0.25) is 0 Å². The Labute approximate surface area is 128 Å². The Morgan fingerprint density at radius 2 is 2.14 bits per heavy atom. The lowest BCUT2D eigenvalue weighted by molar-refractivity contribution is -0.117. The van der Waals surface area contributed by atoms with E-state index < -0.39 is 0 Å². The van der Waals surface area contributed by atoms with E-state index in [0.29, 0.717) is 25.5 Å². The van der Waals surface area contributed by atoms with Crippen molar-refractivity contribution < 1.29 is 9.53 Å². The molecule has 118 valence electrons. The van der Waals surface area contributed by atoms with Gasteiger partial charge in [-0.05, 0) is 43.4 Å². The molecule has 0 saturated heterocycles. The summed E-state index contributed by atoms with van der Waals surface area (Å²) >= 11 is 0. The van der Waals surface area contributed by atoms with Crippen LogP contribution in [0, 0.1) is 11.8 Å². The third kappa shape index (κ3) is 7.14. The Hall–Kier alpha value is -1.55. The third-order valence-electron chi connectivity index (χ3n) is 3.20. The second-order valence-electron chi connectivity index (χ2n) is 5.86. The molecule has 3 N–H and O–H groups in total. The van der Waals surface area contributed by atoms with Crippen molar-refractivity contribution in [3.05, 3.63) is 24.3 Å². The van der Waals surface area contributed by atoms with Gasteiger partial charge in [-0.1, -0.05) is 26.8 Å². The summed E-state index contributed by atoms with van der Waals surface area (Å²) in [6.07, 6.45) is 2.41. The lowest BCUT2D eigenvalue weighted by Gasteiger charge is -2.16. The van der Waals surface area contributed by atoms with E-state index in [-0.39, 0.29) is 11.8 Å². The first-order valence-corrected chi connectivity index (χ1v) is 7.77. The second kappa shape index (κ2) is 9.40. The SMILES string of the molecule is CCCOc1cccc(NC(=O)CC(CN)CC(C)C)c1. The highest BCUT2D eigenvalue weighted by Crippen LogP contribution is 2.19. The van der Waals surface area contributed by atoms with Gasteiger partial charge in [-0.15, -0.1) is 0 Å². The second-order valence-corrected chi connectivity index (χ2v) is 5.86. The van der Waals surface area contributed by atoms with Gasteiger partial charge in [0.2, 0.25) is 5.91 Å². The molecule has 4 heteroatoms. The lowest BCUT2D eigenvalue weighted by atomic mass is 9.94. The van der Waals surface area contributed by atoms with Crippen LogP contribution in [0.3, 0.4) is 0 Å². The number of carbonyl (C=O) groups excluding carboxylic acids is 1. The zero-order chi connectivity index (χ0) is 15.7. The number of nitrogens with one attached hydrogen (secondary N) is 1. The zero-order valence-corrected chi connectivity index (χ0v) is 13.4. The minimum atomic E-state index is 0.0127. The Bertz CT molecular complexity index is 433. The summed E-state index contributed by atoms with van der Waals surface area (Å²) in [6.45, 7) is 7.59. The average molecular weight is 292 g/mol. The van der Waals surface area contributed by atoms with Crippen molar-refractivity contribution in [1.82, 2.24) is 0 Å². The molecule has 0 aliphatic carbocycles. The van der Waals surface area contributed by atoms with Crippen LogP contribution in [-0.2, 0) is 4.79 Å². The molecule has 0 aliphatic heterocycles. The largest absolute Gasteiger partial charge is 0.494 e. The molecule has 0 spiro atoms.